The Labute approximate surface area is 236 Å². The number of carboxylic acids is 1. The van der Waals surface area contributed by atoms with Crippen LogP contribution in [-0.2, 0) is 9.59 Å². The molecule has 0 radical (unpaired) electrons. The summed E-state index contributed by atoms with van der Waals surface area (Å²) in [5.74, 6) is -1.44. The molecule has 3 aromatic rings. The van der Waals surface area contributed by atoms with Crippen LogP contribution in [0.4, 0.5) is 11.4 Å². The summed E-state index contributed by atoms with van der Waals surface area (Å²) in [6, 6.07) is 11.3. The van der Waals surface area contributed by atoms with Crippen molar-refractivity contribution in [3.63, 3.8) is 0 Å². The molecule has 2 fully saturated rings. The van der Waals surface area contributed by atoms with Crippen LogP contribution in [0.3, 0.4) is 0 Å². The summed E-state index contributed by atoms with van der Waals surface area (Å²) in [7, 11) is 0. The van der Waals surface area contributed by atoms with Crippen molar-refractivity contribution in [2.45, 2.75) is 31.7 Å². The molecule has 1 unspecified atom stereocenters. The lowest BCUT2D eigenvalue weighted by molar-refractivity contribution is -0.137. The number of hydrogen-bond donors (Lipinski definition) is 3. The maximum Gasteiger partial charge on any atom is 0.305 e. The number of thiophene rings is 1. The Morgan fingerprint density at radius 2 is 1.85 bits per heavy atom. The van der Waals surface area contributed by atoms with Crippen molar-refractivity contribution in [3.05, 3.63) is 76.2 Å². The normalized spacial score (nSPS) is 16.1. The highest BCUT2D eigenvalue weighted by molar-refractivity contribution is 7.10. The number of rotatable bonds is 9. The number of aliphatic carboxylic acids is 1. The Bertz CT molecular complexity index is 1380. The van der Waals surface area contributed by atoms with Crippen LogP contribution in [0, 0.1) is 5.92 Å². The largest absolute Gasteiger partial charge is 0.481 e. The lowest BCUT2D eigenvalue weighted by atomic mass is 10.1. The fourth-order valence-corrected chi connectivity index (χ4v) is 5.62. The third kappa shape index (κ3) is 6.66. The van der Waals surface area contributed by atoms with Gasteiger partial charge in [0.15, 0.2) is 0 Å². The van der Waals surface area contributed by atoms with Gasteiger partial charge in [0.1, 0.15) is 0 Å². The molecule has 0 bridgehead atoms. The molecular weight excluding hydrogens is 530 g/mol. The molecular formula is C29H31N5O5S. The molecule has 11 heteroatoms. The third-order valence-electron chi connectivity index (χ3n) is 7.08. The molecule has 5 rings (SSSR count). The molecule has 2 aliphatic rings. The maximum absolute atomic E-state index is 13.3. The van der Waals surface area contributed by atoms with Crippen molar-refractivity contribution in [2.24, 2.45) is 5.92 Å². The van der Waals surface area contributed by atoms with Crippen molar-refractivity contribution in [2.75, 3.05) is 36.4 Å². The molecule has 3 N–H and O–H groups in total. The SMILES string of the molecule is O=C(O)CC(NC(=O)c1ccc(N2CCCN(C(=O)C3CC3)CC2)c(NC(=O)c2cccnc2)c1)c1cccs1. The van der Waals surface area contributed by atoms with Gasteiger partial charge in [0.05, 0.1) is 29.4 Å². The summed E-state index contributed by atoms with van der Waals surface area (Å²) < 4.78 is 0. The number of carbonyl (C=O) groups excluding carboxylic acids is 3. The molecule has 0 spiro atoms. The minimum Gasteiger partial charge on any atom is -0.481 e. The molecule has 3 amide bonds. The predicted octanol–water partition coefficient (Wildman–Crippen LogP) is 3.79. The fraction of sp³-hybridized carbons (Fsp3) is 0.345. The Morgan fingerprint density at radius 1 is 1.00 bits per heavy atom. The van der Waals surface area contributed by atoms with Crippen molar-refractivity contribution >= 4 is 46.4 Å². The number of amides is 3. The molecule has 1 saturated carbocycles. The second-order valence-corrected chi connectivity index (χ2v) is 11.0. The van der Waals surface area contributed by atoms with Crippen LogP contribution in [0.1, 0.15) is 57.3 Å². The highest BCUT2D eigenvalue weighted by Gasteiger charge is 2.34. The Morgan fingerprint density at radius 3 is 2.55 bits per heavy atom. The van der Waals surface area contributed by atoms with Gasteiger partial charge < -0.3 is 25.5 Å². The van der Waals surface area contributed by atoms with E-state index in [0.29, 0.717) is 37.4 Å². The minimum absolute atomic E-state index is 0.165. The van der Waals surface area contributed by atoms with Crippen LogP contribution in [0.25, 0.3) is 0 Å². The number of nitrogens with one attached hydrogen (secondary N) is 2. The number of benzene rings is 1. The lowest BCUT2D eigenvalue weighted by Gasteiger charge is -2.26. The summed E-state index contributed by atoms with van der Waals surface area (Å²) in [5.41, 5.74) is 1.86. The van der Waals surface area contributed by atoms with Gasteiger partial charge in [-0.2, -0.15) is 0 Å². The Kier molecular flexibility index (Phi) is 8.40. The van der Waals surface area contributed by atoms with E-state index in [9.17, 15) is 24.3 Å². The van der Waals surface area contributed by atoms with Gasteiger partial charge in [-0.1, -0.05) is 6.07 Å². The molecule has 1 aliphatic heterocycles. The lowest BCUT2D eigenvalue weighted by Crippen LogP contribution is -2.36. The number of pyridine rings is 1. The summed E-state index contributed by atoms with van der Waals surface area (Å²) in [6.07, 6.45) is 5.52. The second kappa shape index (κ2) is 12.3. The average molecular weight is 562 g/mol. The molecule has 40 heavy (non-hydrogen) atoms. The van der Waals surface area contributed by atoms with Gasteiger partial charge in [0.25, 0.3) is 11.8 Å². The van der Waals surface area contributed by atoms with Crippen molar-refractivity contribution < 1.29 is 24.3 Å². The van der Waals surface area contributed by atoms with Crippen LogP contribution in [0.5, 0.6) is 0 Å². The number of carboxylic acid groups (broad SMARTS) is 1. The maximum atomic E-state index is 13.3. The average Bonchev–Trinajstić information content (AvgIpc) is 3.72. The molecule has 10 nitrogen and oxygen atoms in total. The van der Waals surface area contributed by atoms with Crippen LogP contribution in [0.15, 0.2) is 60.2 Å². The summed E-state index contributed by atoms with van der Waals surface area (Å²) in [4.78, 5) is 59.3. The summed E-state index contributed by atoms with van der Waals surface area (Å²) >= 11 is 1.37. The van der Waals surface area contributed by atoms with Crippen LogP contribution in [-0.4, -0.2) is 64.9 Å². The highest BCUT2D eigenvalue weighted by Crippen LogP contribution is 2.33. The number of hydrogen-bond acceptors (Lipinski definition) is 7. The summed E-state index contributed by atoms with van der Waals surface area (Å²) in [5, 5.41) is 17.0. The van der Waals surface area contributed by atoms with Crippen molar-refractivity contribution in [1.29, 1.82) is 0 Å². The zero-order chi connectivity index (χ0) is 28.1. The van der Waals surface area contributed by atoms with Gasteiger partial charge in [-0.25, -0.2) is 0 Å². The highest BCUT2D eigenvalue weighted by atomic mass is 32.1. The zero-order valence-corrected chi connectivity index (χ0v) is 22.7. The predicted molar refractivity (Wildman–Crippen MR) is 152 cm³/mol. The van der Waals surface area contributed by atoms with Crippen LogP contribution < -0.4 is 15.5 Å². The van der Waals surface area contributed by atoms with E-state index in [-0.39, 0.29) is 29.7 Å². The van der Waals surface area contributed by atoms with E-state index in [1.54, 1.807) is 42.6 Å². The molecule has 1 atom stereocenters. The van der Waals surface area contributed by atoms with Crippen molar-refractivity contribution in [3.8, 4) is 0 Å². The molecule has 1 aromatic carbocycles. The molecule has 1 aliphatic carbocycles. The first kappa shape index (κ1) is 27.3. The molecule has 208 valence electrons. The van der Waals surface area contributed by atoms with Crippen LogP contribution >= 0.6 is 11.3 Å². The standard InChI is InChI=1S/C29H31N5O5S/c35-26(36)17-23(25-5-2-15-40-25)32-27(37)20-8-9-24(22(16-20)31-28(38)21-4-1-10-30-18-21)33-11-3-12-34(14-13-33)29(39)19-6-7-19/h1-2,4-5,8-10,15-16,18-19,23H,3,6-7,11-14,17H2,(H,31,38)(H,32,37)(H,35,36). The van der Waals surface area contributed by atoms with Gasteiger partial charge in [-0.05, 0) is 61.0 Å². The van der Waals surface area contributed by atoms with E-state index in [1.165, 1.54) is 17.5 Å². The Hall–Kier alpha value is -4.25. The number of nitrogens with zero attached hydrogens (tertiary/aromatic N) is 3. The number of aromatic nitrogens is 1. The van der Waals surface area contributed by atoms with Crippen molar-refractivity contribution in [1.82, 2.24) is 15.2 Å². The number of carbonyl (C=O) groups is 4. The first-order valence-electron chi connectivity index (χ1n) is 13.3. The van der Waals surface area contributed by atoms with Gasteiger partial charge >= 0.3 is 5.97 Å². The van der Waals surface area contributed by atoms with E-state index in [1.807, 2.05) is 16.3 Å². The van der Waals surface area contributed by atoms with Gasteiger partial charge in [0, 0.05) is 54.9 Å². The fourth-order valence-electron chi connectivity index (χ4n) is 4.84. The zero-order valence-electron chi connectivity index (χ0n) is 21.9. The van der Waals surface area contributed by atoms with E-state index >= 15 is 0 Å². The smallest absolute Gasteiger partial charge is 0.305 e. The first-order chi connectivity index (χ1) is 19.4. The topological polar surface area (TPSA) is 132 Å². The van der Waals surface area contributed by atoms with Crippen LogP contribution in [0.2, 0.25) is 0 Å². The number of anilines is 2. The Balaban J connectivity index is 1.40. The quantitative estimate of drug-likeness (QED) is 0.362. The van der Waals surface area contributed by atoms with E-state index in [0.717, 1.165) is 29.8 Å². The molecule has 2 aromatic heterocycles. The molecule has 1 saturated heterocycles. The first-order valence-corrected chi connectivity index (χ1v) is 14.2. The summed E-state index contributed by atoms with van der Waals surface area (Å²) in [6.45, 7) is 2.57. The van der Waals surface area contributed by atoms with E-state index in [4.69, 9.17) is 0 Å². The van der Waals surface area contributed by atoms with Gasteiger partial charge in [-0.3, -0.25) is 24.2 Å². The van der Waals surface area contributed by atoms with Gasteiger partial charge in [-0.15, -0.1) is 11.3 Å². The van der Waals surface area contributed by atoms with Gasteiger partial charge in [0.2, 0.25) is 5.91 Å². The minimum atomic E-state index is -1.02. The van der Waals surface area contributed by atoms with E-state index in [2.05, 4.69) is 20.5 Å². The third-order valence-corrected chi connectivity index (χ3v) is 8.06. The molecule has 3 heterocycles. The monoisotopic (exact) mass is 561 g/mol. The second-order valence-electron chi connectivity index (χ2n) is 10.0. The van der Waals surface area contributed by atoms with E-state index < -0.39 is 17.9 Å².